The number of carbonyl (C=O) groups excluding carboxylic acids is 2. The molecule has 0 aliphatic carbocycles. The number of anilines is 1. The maximum absolute atomic E-state index is 13.2. The van der Waals surface area contributed by atoms with Crippen LogP contribution >= 0.6 is 11.6 Å². The van der Waals surface area contributed by atoms with E-state index in [1.807, 2.05) is 0 Å². The van der Waals surface area contributed by atoms with E-state index in [1.54, 1.807) is 31.2 Å². The Balaban J connectivity index is 1.67. The third kappa shape index (κ3) is 9.24. The van der Waals surface area contributed by atoms with E-state index in [9.17, 15) is 22.4 Å². The van der Waals surface area contributed by atoms with E-state index < -0.39 is 27.8 Å². The third-order valence-corrected chi connectivity index (χ3v) is 7.70. The number of nitrogens with one attached hydrogen (secondary N) is 2. The topological polar surface area (TPSA) is 105 Å². The first-order chi connectivity index (χ1) is 18.9. The molecule has 1 unspecified atom stereocenters. The summed E-state index contributed by atoms with van der Waals surface area (Å²) in [6, 6.07) is 16.7. The number of sulfonamides is 1. The normalized spacial score (nSPS) is 12.1. The van der Waals surface area contributed by atoms with Crippen LogP contribution in [0.1, 0.15) is 32.8 Å². The number of benzene rings is 3. The van der Waals surface area contributed by atoms with Crippen LogP contribution in [0.4, 0.5) is 10.1 Å². The first kappa shape index (κ1) is 30.9. The van der Waals surface area contributed by atoms with Crippen LogP contribution in [0.15, 0.2) is 77.7 Å². The second-order valence-electron chi connectivity index (χ2n) is 9.67. The van der Waals surface area contributed by atoms with Crippen LogP contribution in [-0.2, 0) is 26.2 Å². The van der Waals surface area contributed by atoms with E-state index in [0.29, 0.717) is 17.5 Å². The van der Waals surface area contributed by atoms with Crippen molar-refractivity contribution in [2.24, 2.45) is 5.92 Å². The summed E-state index contributed by atoms with van der Waals surface area (Å²) in [6.07, 6.45) is 0.817. The minimum Gasteiger partial charge on any atom is -0.484 e. The maximum atomic E-state index is 13.2. The highest BCUT2D eigenvalue weighted by molar-refractivity contribution is 7.92. The van der Waals surface area contributed by atoms with Gasteiger partial charge in [-0.3, -0.25) is 14.3 Å². The highest BCUT2D eigenvalue weighted by Gasteiger charge is 2.26. The van der Waals surface area contributed by atoms with E-state index in [2.05, 4.69) is 23.9 Å². The molecule has 11 heteroatoms. The molecule has 0 bridgehead atoms. The molecule has 0 fully saturated rings. The molecule has 0 saturated carbocycles. The Morgan fingerprint density at radius 1 is 0.950 bits per heavy atom. The molecule has 0 aliphatic rings. The van der Waals surface area contributed by atoms with Gasteiger partial charge in [-0.25, -0.2) is 12.8 Å². The van der Waals surface area contributed by atoms with E-state index in [-0.39, 0.29) is 35.4 Å². The Hall–Kier alpha value is -3.63. The predicted octanol–water partition coefficient (Wildman–Crippen LogP) is 5.24. The van der Waals surface area contributed by atoms with E-state index in [4.69, 9.17) is 16.3 Å². The second kappa shape index (κ2) is 14.1. The molecule has 1 atom stereocenters. The van der Waals surface area contributed by atoms with Gasteiger partial charge in [0.15, 0.2) is 6.61 Å². The molecule has 0 spiro atoms. The zero-order valence-corrected chi connectivity index (χ0v) is 24.1. The number of halogens is 2. The molecule has 40 heavy (non-hydrogen) atoms. The molecule has 2 amide bonds. The maximum Gasteiger partial charge on any atom is 0.261 e. The number of hydrogen-bond donors (Lipinski definition) is 2. The SMILES string of the molecule is CC(C)CCNC(=O)C(C)N(Cc1ccc(Cl)cc1)C(=O)COc1ccc(S(=O)(=O)Nc2ccc(F)cc2)cc1. The number of hydrogen-bond acceptors (Lipinski definition) is 5. The lowest BCUT2D eigenvalue weighted by Gasteiger charge is -2.29. The molecular formula is C29H33ClFN3O5S. The van der Waals surface area contributed by atoms with Gasteiger partial charge in [0.05, 0.1) is 4.90 Å². The smallest absolute Gasteiger partial charge is 0.261 e. The largest absolute Gasteiger partial charge is 0.484 e. The van der Waals surface area contributed by atoms with Crippen molar-refractivity contribution < 1.29 is 27.1 Å². The lowest BCUT2D eigenvalue weighted by Crippen LogP contribution is -2.49. The van der Waals surface area contributed by atoms with Gasteiger partial charge in [0.2, 0.25) is 5.91 Å². The number of nitrogens with zero attached hydrogens (tertiary/aromatic N) is 1. The summed E-state index contributed by atoms with van der Waals surface area (Å²) in [5.41, 5.74) is 1.01. The van der Waals surface area contributed by atoms with Crippen molar-refractivity contribution in [3.8, 4) is 5.75 Å². The summed E-state index contributed by atoms with van der Waals surface area (Å²) in [7, 11) is -3.92. The summed E-state index contributed by atoms with van der Waals surface area (Å²) in [5.74, 6) is -0.473. The van der Waals surface area contributed by atoms with Gasteiger partial charge in [-0.15, -0.1) is 0 Å². The Morgan fingerprint density at radius 3 is 2.17 bits per heavy atom. The lowest BCUT2D eigenvalue weighted by molar-refractivity contribution is -0.142. The molecule has 8 nitrogen and oxygen atoms in total. The molecule has 3 aromatic carbocycles. The molecule has 3 rings (SSSR count). The predicted molar refractivity (Wildman–Crippen MR) is 153 cm³/mol. The first-order valence-electron chi connectivity index (χ1n) is 12.8. The zero-order chi connectivity index (χ0) is 29.3. The van der Waals surface area contributed by atoms with Crippen molar-refractivity contribution in [3.63, 3.8) is 0 Å². The van der Waals surface area contributed by atoms with E-state index in [1.165, 1.54) is 41.3 Å². The highest BCUT2D eigenvalue weighted by atomic mass is 35.5. The molecular weight excluding hydrogens is 557 g/mol. The van der Waals surface area contributed by atoms with Crippen LogP contribution < -0.4 is 14.8 Å². The summed E-state index contributed by atoms with van der Waals surface area (Å²) >= 11 is 5.99. The molecule has 214 valence electrons. The van der Waals surface area contributed by atoms with Gasteiger partial charge in [0.25, 0.3) is 15.9 Å². The summed E-state index contributed by atoms with van der Waals surface area (Å²) in [5, 5.41) is 3.44. The van der Waals surface area contributed by atoms with Crippen LogP contribution in [0.5, 0.6) is 5.75 Å². The minimum absolute atomic E-state index is 0.0356. The fourth-order valence-corrected chi connectivity index (χ4v) is 4.86. The Kier molecular flexibility index (Phi) is 10.9. The number of ether oxygens (including phenoxy) is 1. The van der Waals surface area contributed by atoms with Crippen molar-refractivity contribution in [2.45, 2.75) is 44.7 Å². The first-order valence-corrected chi connectivity index (χ1v) is 14.6. The zero-order valence-electron chi connectivity index (χ0n) is 22.6. The van der Waals surface area contributed by atoms with Gasteiger partial charge in [0.1, 0.15) is 17.6 Å². The van der Waals surface area contributed by atoms with Crippen LogP contribution in [-0.4, -0.2) is 44.3 Å². The van der Waals surface area contributed by atoms with Crippen LogP contribution in [0.3, 0.4) is 0 Å². The number of carbonyl (C=O) groups is 2. The van der Waals surface area contributed by atoms with Crippen molar-refractivity contribution in [3.05, 3.63) is 89.2 Å². The average Bonchev–Trinajstić information content (AvgIpc) is 2.92. The van der Waals surface area contributed by atoms with Crippen LogP contribution in [0.2, 0.25) is 5.02 Å². The van der Waals surface area contributed by atoms with Crippen molar-refractivity contribution in [1.29, 1.82) is 0 Å². The van der Waals surface area contributed by atoms with E-state index >= 15 is 0 Å². The quantitative estimate of drug-likeness (QED) is 0.284. The third-order valence-electron chi connectivity index (χ3n) is 6.05. The fraction of sp³-hybridized carbons (Fsp3) is 0.310. The second-order valence-corrected chi connectivity index (χ2v) is 11.8. The van der Waals surface area contributed by atoms with Gasteiger partial charge in [-0.05, 0) is 85.5 Å². The molecule has 3 aromatic rings. The van der Waals surface area contributed by atoms with E-state index in [0.717, 1.165) is 24.1 Å². The van der Waals surface area contributed by atoms with Gasteiger partial charge in [0, 0.05) is 23.8 Å². The minimum atomic E-state index is -3.92. The monoisotopic (exact) mass is 589 g/mol. The lowest BCUT2D eigenvalue weighted by atomic mass is 10.1. The summed E-state index contributed by atoms with van der Waals surface area (Å²) in [4.78, 5) is 27.4. The van der Waals surface area contributed by atoms with Crippen LogP contribution in [0.25, 0.3) is 0 Å². The van der Waals surface area contributed by atoms with Crippen molar-refractivity contribution >= 4 is 39.1 Å². The Labute approximate surface area is 239 Å². The van der Waals surface area contributed by atoms with Gasteiger partial charge >= 0.3 is 0 Å². The van der Waals surface area contributed by atoms with Crippen LogP contribution in [0, 0.1) is 11.7 Å². The molecule has 0 aromatic heterocycles. The molecule has 0 heterocycles. The van der Waals surface area contributed by atoms with Gasteiger partial charge in [-0.1, -0.05) is 37.6 Å². The Bertz CT molecular complexity index is 1380. The number of rotatable bonds is 13. The molecule has 0 saturated heterocycles. The van der Waals surface area contributed by atoms with Gasteiger partial charge in [-0.2, -0.15) is 0 Å². The summed E-state index contributed by atoms with van der Waals surface area (Å²) in [6.45, 7) is 6.10. The number of amides is 2. The Morgan fingerprint density at radius 2 is 1.57 bits per heavy atom. The standard InChI is InChI=1S/C29H33ClFN3O5S/c1-20(2)16-17-32-29(36)21(3)34(18-22-4-6-23(30)7-5-22)28(35)19-39-26-12-14-27(15-13-26)40(37,38)33-25-10-8-24(31)9-11-25/h4-15,20-21,33H,16-19H2,1-3H3,(H,32,36). The van der Waals surface area contributed by atoms with Crippen molar-refractivity contribution in [1.82, 2.24) is 10.2 Å². The summed E-state index contributed by atoms with van der Waals surface area (Å²) < 4.78 is 46.4. The average molecular weight is 590 g/mol. The van der Waals surface area contributed by atoms with Crippen molar-refractivity contribution in [2.75, 3.05) is 17.9 Å². The molecule has 0 radical (unpaired) electrons. The van der Waals surface area contributed by atoms with Gasteiger partial charge < -0.3 is 15.0 Å². The fourth-order valence-electron chi connectivity index (χ4n) is 3.68. The molecule has 0 aliphatic heterocycles. The molecule has 2 N–H and O–H groups in total. The highest BCUT2D eigenvalue weighted by Crippen LogP contribution is 2.20.